The molecule has 0 aromatic rings. The summed E-state index contributed by atoms with van der Waals surface area (Å²) in [5.41, 5.74) is 1.84. The van der Waals surface area contributed by atoms with Crippen molar-refractivity contribution in [3.63, 3.8) is 0 Å². The standard InChI is InChI=1S/C16H30N2O4Si/c1-15(2,3)21-13(19)17-12(10-11-23(7,8)9)18-14(20)22-16(4,5)6/h12H,1-9H3,(H,17,19)(H,18,20). The molecule has 0 saturated heterocycles. The van der Waals surface area contributed by atoms with Crippen LogP contribution in [0.25, 0.3) is 0 Å². The lowest BCUT2D eigenvalue weighted by Gasteiger charge is -2.24. The average Bonchev–Trinajstić information content (AvgIpc) is 2.18. The number of alkyl carbamates (subject to hydrolysis) is 2. The molecular weight excluding hydrogens is 312 g/mol. The van der Waals surface area contributed by atoms with Gasteiger partial charge in [-0.25, -0.2) is 9.59 Å². The first-order chi connectivity index (χ1) is 10.1. The second kappa shape index (κ2) is 7.73. The van der Waals surface area contributed by atoms with Crippen LogP contribution in [0.1, 0.15) is 41.5 Å². The maximum Gasteiger partial charge on any atom is 0.410 e. The first-order valence-electron chi connectivity index (χ1n) is 7.59. The van der Waals surface area contributed by atoms with Crippen LogP contribution in [0.3, 0.4) is 0 Å². The maximum atomic E-state index is 11.9. The minimum atomic E-state index is -1.66. The summed E-state index contributed by atoms with van der Waals surface area (Å²) in [5, 5.41) is 5.08. The number of carbonyl (C=O) groups is 2. The molecule has 2 amide bonds. The largest absolute Gasteiger partial charge is 0.444 e. The summed E-state index contributed by atoms with van der Waals surface area (Å²) >= 11 is 0. The minimum absolute atomic E-state index is 0.632. The number of hydrogen-bond acceptors (Lipinski definition) is 4. The lowest BCUT2D eigenvalue weighted by atomic mass is 10.2. The molecule has 2 N–H and O–H groups in total. The number of rotatable bonds is 2. The fraction of sp³-hybridized carbons (Fsp3) is 0.750. The highest BCUT2D eigenvalue weighted by atomic mass is 28.3. The van der Waals surface area contributed by atoms with Crippen LogP contribution in [0.5, 0.6) is 0 Å². The van der Waals surface area contributed by atoms with Crippen LogP contribution >= 0.6 is 0 Å². The van der Waals surface area contributed by atoms with Gasteiger partial charge in [0, 0.05) is 0 Å². The lowest BCUT2D eigenvalue weighted by Crippen LogP contribution is -2.50. The summed E-state index contributed by atoms with van der Waals surface area (Å²) in [5.74, 6) is 2.88. The number of ether oxygens (including phenoxy) is 2. The molecule has 0 atom stereocenters. The number of carbonyl (C=O) groups excluding carboxylic acids is 2. The van der Waals surface area contributed by atoms with Crippen molar-refractivity contribution in [3.05, 3.63) is 0 Å². The highest BCUT2D eigenvalue weighted by Gasteiger charge is 2.22. The second-order valence-corrected chi connectivity index (χ2v) is 13.0. The first kappa shape index (κ1) is 21.3. The molecule has 0 aliphatic heterocycles. The number of amides is 2. The first-order valence-corrected chi connectivity index (χ1v) is 11.1. The van der Waals surface area contributed by atoms with Gasteiger partial charge in [0.15, 0.2) is 6.17 Å². The van der Waals surface area contributed by atoms with Crippen molar-refractivity contribution in [2.45, 2.75) is 78.6 Å². The van der Waals surface area contributed by atoms with E-state index in [1.165, 1.54) is 0 Å². The zero-order valence-corrected chi connectivity index (χ0v) is 16.7. The van der Waals surface area contributed by atoms with Gasteiger partial charge in [-0.15, -0.1) is 5.54 Å². The molecule has 0 saturated carbocycles. The summed E-state index contributed by atoms with van der Waals surface area (Å²) in [4.78, 5) is 23.8. The van der Waals surface area contributed by atoms with E-state index in [0.717, 1.165) is 0 Å². The summed E-state index contributed by atoms with van der Waals surface area (Å²) in [6, 6.07) is 0. The zero-order valence-electron chi connectivity index (χ0n) is 15.7. The van der Waals surface area contributed by atoms with Crippen molar-refractivity contribution < 1.29 is 19.1 Å². The Hall–Kier alpha value is -1.68. The van der Waals surface area contributed by atoms with Gasteiger partial charge in [0.1, 0.15) is 19.3 Å². The Kier molecular flexibility index (Phi) is 7.16. The molecular formula is C16H30N2O4Si. The third kappa shape index (κ3) is 13.7. The van der Waals surface area contributed by atoms with Gasteiger partial charge in [0.25, 0.3) is 0 Å². The predicted molar refractivity (Wildman–Crippen MR) is 93.6 cm³/mol. The van der Waals surface area contributed by atoms with Crippen molar-refractivity contribution in [1.29, 1.82) is 0 Å². The van der Waals surface area contributed by atoms with E-state index in [9.17, 15) is 9.59 Å². The normalized spacial score (nSPS) is 12.1. The van der Waals surface area contributed by atoms with E-state index in [0.29, 0.717) is 0 Å². The Bertz CT molecular complexity index is 457. The van der Waals surface area contributed by atoms with Gasteiger partial charge in [0.05, 0.1) is 0 Å². The van der Waals surface area contributed by atoms with Gasteiger partial charge < -0.3 is 9.47 Å². The quantitative estimate of drug-likeness (QED) is 0.459. The van der Waals surface area contributed by atoms with Crippen molar-refractivity contribution in [2.24, 2.45) is 0 Å². The van der Waals surface area contributed by atoms with Crippen molar-refractivity contribution in [2.75, 3.05) is 0 Å². The maximum absolute atomic E-state index is 11.9. The molecule has 0 aliphatic carbocycles. The van der Waals surface area contributed by atoms with Crippen LogP contribution in [0.4, 0.5) is 9.59 Å². The predicted octanol–water partition coefficient (Wildman–Crippen LogP) is 3.24. The molecule has 0 unspecified atom stereocenters. The van der Waals surface area contributed by atoms with E-state index in [1.807, 2.05) is 0 Å². The molecule has 0 bridgehead atoms. The summed E-state index contributed by atoms with van der Waals surface area (Å²) in [6.45, 7) is 16.8. The minimum Gasteiger partial charge on any atom is -0.444 e. The van der Waals surface area contributed by atoms with Gasteiger partial charge >= 0.3 is 12.2 Å². The number of hydrogen-bond donors (Lipinski definition) is 2. The van der Waals surface area contributed by atoms with Crippen LogP contribution in [-0.2, 0) is 9.47 Å². The van der Waals surface area contributed by atoms with E-state index in [1.54, 1.807) is 41.5 Å². The third-order valence-electron chi connectivity index (χ3n) is 1.91. The molecule has 23 heavy (non-hydrogen) atoms. The summed E-state index contributed by atoms with van der Waals surface area (Å²) in [6.07, 6.45) is -2.17. The van der Waals surface area contributed by atoms with Crippen LogP contribution in [0, 0.1) is 11.5 Å². The summed E-state index contributed by atoms with van der Waals surface area (Å²) < 4.78 is 10.4. The molecule has 6 nitrogen and oxygen atoms in total. The molecule has 0 rings (SSSR count). The van der Waals surface area contributed by atoms with Crippen LogP contribution in [0.15, 0.2) is 0 Å². The molecule has 0 radical (unpaired) electrons. The van der Waals surface area contributed by atoms with Gasteiger partial charge in [-0.1, -0.05) is 25.6 Å². The van der Waals surface area contributed by atoms with Gasteiger partial charge in [-0.05, 0) is 41.5 Å². The van der Waals surface area contributed by atoms with Crippen molar-refractivity contribution in [3.8, 4) is 11.5 Å². The second-order valence-electron chi connectivity index (χ2n) is 8.24. The molecule has 132 valence electrons. The van der Waals surface area contributed by atoms with E-state index in [2.05, 4.69) is 41.7 Å². The van der Waals surface area contributed by atoms with Crippen LogP contribution in [-0.4, -0.2) is 37.6 Å². The van der Waals surface area contributed by atoms with Crippen LogP contribution in [0.2, 0.25) is 19.6 Å². The molecule has 7 heteroatoms. The molecule has 0 aromatic carbocycles. The Morgan fingerprint density at radius 2 is 1.22 bits per heavy atom. The average molecular weight is 343 g/mol. The molecule has 0 aromatic heterocycles. The van der Waals surface area contributed by atoms with Gasteiger partial charge in [0.2, 0.25) is 0 Å². The molecule has 0 fully saturated rings. The summed E-state index contributed by atoms with van der Waals surface area (Å²) in [7, 11) is -1.66. The van der Waals surface area contributed by atoms with Crippen LogP contribution < -0.4 is 10.6 Å². The smallest absolute Gasteiger partial charge is 0.410 e. The number of nitrogens with one attached hydrogen (secondary N) is 2. The lowest BCUT2D eigenvalue weighted by molar-refractivity contribution is 0.0451. The fourth-order valence-electron chi connectivity index (χ4n) is 1.25. The highest BCUT2D eigenvalue weighted by molar-refractivity contribution is 6.83. The molecule has 0 aliphatic rings. The molecule has 0 heterocycles. The Morgan fingerprint density at radius 1 is 0.870 bits per heavy atom. The van der Waals surface area contributed by atoms with Gasteiger partial charge in [-0.2, -0.15) is 0 Å². The SMILES string of the molecule is CC(C)(C)OC(=O)NC(C#C[Si](C)(C)C)NC(=O)OC(C)(C)C. The van der Waals surface area contributed by atoms with E-state index < -0.39 is 37.6 Å². The van der Waals surface area contributed by atoms with E-state index in [-0.39, 0.29) is 0 Å². The van der Waals surface area contributed by atoms with Gasteiger partial charge in [-0.3, -0.25) is 10.6 Å². The van der Waals surface area contributed by atoms with Crippen molar-refractivity contribution >= 4 is 20.3 Å². The van der Waals surface area contributed by atoms with Crippen molar-refractivity contribution in [1.82, 2.24) is 10.6 Å². The third-order valence-corrected chi connectivity index (χ3v) is 2.81. The van der Waals surface area contributed by atoms with E-state index >= 15 is 0 Å². The topological polar surface area (TPSA) is 76.7 Å². The zero-order chi connectivity index (χ0) is 18.5. The van der Waals surface area contributed by atoms with E-state index in [4.69, 9.17) is 9.47 Å². The Balaban J connectivity index is 4.99. The fourth-order valence-corrected chi connectivity index (χ4v) is 1.83. The Labute approximate surface area is 140 Å². The Morgan fingerprint density at radius 3 is 1.48 bits per heavy atom. The highest BCUT2D eigenvalue weighted by Crippen LogP contribution is 2.08. The molecule has 0 spiro atoms. The monoisotopic (exact) mass is 342 g/mol.